The molecule has 0 saturated carbocycles. The van der Waals surface area contributed by atoms with Crippen molar-refractivity contribution in [1.82, 2.24) is 0 Å². The number of nitrogens with zero attached hydrogens (tertiary/aromatic N) is 1. The summed E-state index contributed by atoms with van der Waals surface area (Å²) in [7, 11) is 3.88. The first kappa shape index (κ1) is 13.4. The highest BCUT2D eigenvalue weighted by molar-refractivity contribution is 6.39. The second kappa shape index (κ2) is 5.76. The molecule has 0 unspecified atom stereocenters. The summed E-state index contributed by atoms with van der Waals surface area (Å²) in [5.74, 6) is 0.285. The Balaban J connectivity index is 2.27. The first-order valence-electron chi connectivity index (χ1n) is 6.23. The maximum atomic E-state index is 9.97. The van der Waals surface area contributed by atoms with Gasteiger partial charge < -0.3 is 10.8 Å². The molecule has 0 aliphatic rings. The van der Waals surface area contributed by atoms with Crippen molar-refractivity contribution < 1.29 is 5.11 Å². The van der Waals surface area contributed by atoms with Gasteiger partial charge >= 0.3 is 0 Å². The topological polar surface area (TPSA) is 58.6 Å². The Labute approximate surface area is 115 Å². The fourth-order valence-corrected chi connectivity index (χ4v) is 1.95. The third-order valence-electron chi connectivity index (χ3n) is 3.00. The lowest BCUT2D eigenvalue weighted by Gasteiger charge is -2.05. The van der Waals surface area contributed by atoms with Gasteiger partial charge in [0.25, 0.3) is 0 Å². The lowest BCUT2D eigenvalue weighted by atomic mass is 9.85. The number of hydrogen-bond donors (Lipinski definition) is 2. The van der Waals surface area contributed by atoms with Gasteiger partial charge in [-0.05, 0) is 23.2 Å². The summed E-state index contributed by atoms with van der Waals surface area (Å²) in [6.07, 6.45) is 1.69. The number of benzene rings is 2. The minimum absolute atomic E-state index is 0.285. The molecule has 2 rings (SSSR count). The zero-order valence-electron chi connectivity index (χ0n) is 11.2. The highest BCUT2D eigenvalue weighted by Gasteiger charge is 2.02. The van der Waals surface area contributed by atoms with Crippen molar-refractivity contribution in [1.29, 1.82) is 0 Å². The summed E-state index contributed by atoms with van der Waals surface area (Å²) < 4.78 is 0. The maximum Gasteiger partial charge on any atom is 0.144 e. The van der Waals surface area contributed by atoms with E-state index in [-0.39, 0.29) is 5.75 Å². The van der Waals surface area contributed by atoms with E-state index in [2.05, 4.69) is 4.99 Å². The van der Waals surface area contributed by atoms with Crippen LogP contribution in [0.4, 0.5) is 5.69 Å². The fraction of sp³-hybridized carbons (Fsp3) is 0.0714. The molecule has 0 radical (unpaired) electrons. The van der Waals surface area contributed by atoms with Crippen LogP contribution in [0.25, 0.3) is 0 Å². The molecule has 0 aliphatic heterocycles. The van der Waals surface area contributed by atoms with Gasteiger partial charge in [-0.1, -0.05) is 29.7 Å². The van der Waals surface area contributed by atoms with E-state index < -0.39 is 0 Å². The summed E-state index contributed by atoms with van der Waals surface area (Å²) in [6.45, 7) is 0.530. The summed E-state index contributed by atoms with van der Waals surface area (Å²) in [6, 6.07) is 11.6. The quantitative estimate of drug-likeness (QED) is 0.548. The van der Waals surface area contributed by atoms with Gasteiger partial charge in [0.2, 0.25) is 0 Å². The zero-order valence-corrected chi connectivity index (χ0v) is 11.2. The standard InChI is InChI=1S/C14H16B2N2O/c15-11-5-10(14(19)13(16)6-11)8-18-12-3-1-9(7-17)2-4-12/h1-6,8,19H,7,15-17H2/b18-8+. The van der Waals surface area contributed by atoms with Crippen LogP contribution >= 0.6 is 0 Å². The van der Waals surface area contributed by atoms with Gasteiger partial charge in [0.05, 0.1) is 5.69 Å². The van der Waals surface area contributed by atoms with Crippen molar-refractivity contribution in [2.75, 3.05) is 0 Å². The fourth-order valence-electron chi connectivity index (χ4n) is 1.95. The van der Waals surface area contributed by atoms with Crippen LogP contribution in [0.15, 0.2) is 41.4 Å². The van der Waals surface area contributed by atoms with Crippen LogP contribution in [0.2, 0.25) is 0 Å². The predicted molar refractivity (Wildman–Crippen MR) is 86.1 cm³/mol. The van der Waals surface area contributed by atoms with E-state index >= 15 is 0 Å². The molecule has 3 N–H and O–H groups in total. The van der Waals surface area contributed by atoms with Gasteiger partial charge in [0, 0.05) is 18.3 Å². The lowest BCUT2D eigenvalue weighted by Crippen LogP contribution is -2.15. The van der Waals surface area contributed by atoms with Crippen LogP contribution in [-0.2, 0) is 6.54 Å². The van der Waals surface area contributed by atoms with Crippen molar-refractivity contribution in [2.24, 2.45) is 10.7 Å². The largest absolute Gasteiger partial charge is 0.508 e. The van der Waals surface area contributed by atoms with Gasteiger partial charge in [-0.15, -0.1) is 0 Å². The molecule has 2 aromatic carbocycles. The Bertz CT molecular complexity index is 610. The van der Waals surface area contributed by atoms with E-state index in [1.165, 1.54) is 0 Å². The molecule has 0 spiro atoms. The summed E-state index contributed by atoms with van der Waals surface area (Å²) in [5, 5.41) is 9.97. The Morgan fingerprint density at radius 1 is 1.16 bits per heavy atom. The molecule has 0 aromatic heterocycles. The number of hydrogen-bond acceptors (Lipinski definition) is 3. The van der Waals surface area contributed by atoms with Crippen LogP contribution in [0, 0.1) is 0 Å². The smallest absolute Gasteiger partial charge is 0.144 e. The average Bonchev–Trinajstić information content (AvgIpc) is 2.41. The highest BCUT2D eigenvalue weighted by atomic mass is 16.3. The van der Waals surface area contributed by atoms with Crippen LogP contribution in [0.3, 0.4) is 0 Å². The molecule has 0 amide bonds. The summed E-state index contributed by atoms with van der Waals surface area (Å²) >= 11 is 0. The maximum absolute atomic E-state index is 9.97. The van der Waals surface area contributed by atoms with E-state index in [1.807, 2.05) is 52.1 Å². The van der Waals surface area contributed by atoms with Gasteiger partial charge in [-0.3, -0.25) is 4.99 Å². The molecule has 19 heavy (non-hydrogen) atoms. The monoisotopic (exact) mass is 250 g/mol. The van der Waals surface area contributed by atoms with E-state index in [9.17, 15) is 5.11 Å². The van der Waals surface area contributed by atoms with Gasteiger partial charge in [-0.25, -0.2) is 0 Å². The van der Waals surface area contributed by atoms with E-state index in [4.69, 9.17) is 5.73 Å². The van der Waals surface area contributed by atoms with E-state index in [0.29, 0.717) is 6.54 Å². The number of aromatic hydroxyl groups is 1. The molecule has 5 heteroatoms. The van der Waals surface area contributed by atoms with Gasteiger partial charge in [0.15, 0.2) is 0 Å². The number of phenolic OH excluding ortho intramolecular Hbond substituents is 1. The number of aliphatic imine (C=N–C) groups is 1. The normalized spacial score (nSPS) is 11.0. The van der Waals surface area contributed by atoms with Crippen molar-refractivity contribution in [3.05, 3.63) is 47.5 Å². The number of nitrogens with two attached hydrogens (primary N) is 1. The molecule has 0 saturated heterocycles. The first-order chi connectivity index (χ1) is 9.10. The summed E-state index contributed by atoms with van der Waals surface area (Å²) in [4.78, 5) is 4.37. The van der Waals surface area contributed by atoms with Crippen LogP contribution < -0.4 is 16.7 Å². The molecule has 3 nitrogen and oxygen atoms in total. The molecule has 0 fully saturated rings. The third kappa shape index (κ3) is 3.26. The molecular formula is C14H16B2N2O. The summed E-state index contributed by atoms with van der Waals surface area (Å²) in [5.41, 5.74) is 10.2. The molecule has 94 valence electrons. The van der Waals surface area contributed by atoms with E-state index in [1.54, 1.807) is 6.21 Å². The second-order valence-corrected chi connectivity index (χ2v) is 4.65. The minimum atomic E-state index is 0.285. The number of phenols is 1. The average molecular weight is 250 g/mol. The molecule has 0 atom stereocenters. The van der Waals surface area contributed by atoms with Crippen LogP contribution in [0.5, 0.6) is 5.75 Å². The van der Waals surface area contributed by atoms with Crippen molar-refractivity contribution in [2.45, 2.75) is 6.54 Å². The Morgan fingerprint density at radius 2 is 1.84 bits per heavy atom. The second-order valence-electron chi connectivity index (χ2n) is 4.65. The lowest BCUT2D eigenvalue weighted by molar-refractivity contribution is 0.479. The minimum Gasteiger partial charge on any atom is -0.508 e. The van der Waals surface area contributed by atoms with Crippen LogP contribution in [0.1, 0.15) is 11.1 Å². The van der Waals surface area contributed by atoms with Crippen LogP contribution in [-0.4, -0.2) is 27.0 Å². The first-order valence-corrected chi connectivity index (χ1v) is 6.23. The van der Waals surface area contributed by atoms with Gasteiger partial charge in [0.1, 0.15) is 21.4 Å². The Kier molecular flexibility index (Phi) is 4.07. The third-order valence-corrected chi connectivity index (χ3v) is 3.00. The Hall–Kier alpha value is -2.00. The SMILES string of the molecule is Bc1cc(B)c(O)c(/C=N/c2ccc(CN)cc2)c1. The van der Waals surface area contributed by atoms with E-state index in [0.717, 1.165) is 27.7 Å². The zero-order chi connectivity index (χ0) is 13.8. The van der Waals surface area contributed by atoms with Crippen molar-refractivity contribution in [3.8, 4) is 5.75 Å². The van der Waals surface area contributed by atoms with Crippen molar-refractivity contribution in [3.63, 3.8) is 0 Å². The predicted octanol–water partition coefficient (Wildman–Crippen LogP) is -0.882. The molecule has 0 bridgehead atoms. The molecule has 0 heterocycles. The molecular weight excluding hydrogens is 234 g/mol. The number of rotatable bonds is 3. The van der Waals surface area contributed by atoms with Gasteiger partial charge in [-0.2, -0.15) is 0 Å². The highest BCUT2D eigenvalue weighted by Crippen LogP contribution is 2.15. The Morgan fingerprint density at radius 3 is 2.47 bits per heavy atom. The molecule has 2 aromatic rings. The molecule has 0 aliphatic carbocycles. The van der Waals surface area contributed by atoms with Crippen molar-refractivity contribution >= 4 is 38.5 Å².